The molecule has 1 aromatic rings. The van der Waals surface area contributed by atoms with Crippen molar-refractivity contribution in [2.24, 2.45) is 0 Å². The quantitative estimate of drug-likeness (QED) is 0.516. The summed E-state index contributed by atoms with van der Waals surface area (Å²) in [6.07, 6.45) is 3.44. The Hall–Kier alpha value is -0.900. The highest BCUT2D eigenvalue weighted by Gasteiger charge is 1.99. The van der Waals surface area contributed by atoms with Crippen molar-refractivity contribution < 1.29 is 0 Å². The van der Waals surface area contributed by atoms with E-state index in [0.29, 0.717) is 0 Å². The third-order valence-corrected chi connectivity index (χ3v) is 3.13. The Kier molecular flexibility index (Phi) is 7.65. The summed E-state index contributed by atoms with van der Waals surface area (Å²) in [5.74, 6) is 0. The molecule has 102 valence electrons. The first-order valence-corrected chi connectivity index (χ1v) is 6.92. The minimum Gasteiger partial charge on any atom is -0.306 e. The fourth-order valence-electron chi connectivity index (χ4n) is 2.02. The van der Waals surface area contributed by atoms with Crippen LogP contribution >= 0.6 is 0 Å². The van der Waals surface area contributed by atoms with Crippen LogP contribution in [0.5, 0.6) is 0 Å². The van der Waals surface area contributed by atoms with Crippen molar-refractivity contribution in [2.75, 3.05) is 33.7 Å². The highest BCUT2D eigenvalue weighted by molar-refractivity contribution is 5.23. The fraction of sp³-hybridized carbons (Fsp3) is 0.600. The van der Waals surface area contributed by atoms with E-state index in [1.807, 2.05) is 7.05 Å². The van der Waals surface area contributed by atoms with Crippen molar-refractivity contribution >= 4 is 0 Å². The third kappa shape index (κ3) is 6.15. The zero-order valence-electron chi connectivity index (χ0n) is 12.0. The normalized spacial score (nSPS) is 11.1. The number of rotatable bonds is 9. The van der Waals surface area contributed by atoms with Crippen LogP contribution in [0.1, 0.15) is 24.5 Å². The maximum absolute atomic E-state index is 3.11. The van der Waals surface area contributed by atoms with Crippen LogP contribution in [0.25, 0.3) is 0 Å². The average Bonchev–Trinajstić information content (AvgIpc) is 2.38. The summed E-state index contributed by atoms with van der Waals surface area (Å²) in [5, 5.41) is 0. The zero-order chi connectivity index (χ0) is 13.2. The van der Waals surface area contributed by atoms with Crippen LogP contribution in [0.15, 0.2) is 24.3 Å². The molecule has 18 heavy (non-hydrogen) atoms. The van der Waals surface area contributed by atoms with E-state index in [4.69, 9.17) is 0 Å². The smallest absolute Gasteiger partial charge is 0.0140 e. The van der Waals surface area contributed by atoms with E-state index in [2.05, 4.69) is 54.0 Å². The van der Waals surface area contributed by atoms with Crippen LogP contribution in [0.2, 0.25) is 0 Å². The highest BCUT2D eigenvalue weighted by Crippen LogP contribution is 2.06. The molecule has 0 aliphatic carbocycles. The summed E-state index contributed by atoms with van der Waals surface area (Å²) in [4.78, 5) is 2.39. The summed E-state index contributed by atoms with van der Waals surface area (Å²) in [5.41, 5.74) is 8.87. The lowest BCUT2D eigenvalue weighted by Crippen LogP contribution is -2.29. The summed E-state index contributed by atoms with van der Waals surface area (Å²) >= 11 is 0. The second-order valence-corrected chi connectivity index (χ2v) is 4.80. The topological polar surface area (TPSA) is 27.3 Å². The van der Waals surface area contributed by atoms with Gasteiger partial charge < -0.3 is 4.90 Å². The maximum Gasteiger partial charge on any atom is 0.0140 e. The number of benzene rings is 1. The number of hydrogen-bond donors (Lipinski definition) is 2. The zero-order valence-corrected chi connectivity index (χ0v) is 12.0. The molecule has 0 aromatic heterocycles. The van der Waals surface area contributed by atoms with Gasteiger partial charge in [0, 0.05) is 13.1 Å². The van der Waals surface area contributed by atoms with Gasteiger partial charge in [0.25, 0.3) is 0 Å². The van der Waals surface area contributed by atoms with Crippen molar-refractivity contribution in [2.45, 2.75) is 26.2 Å². The number of nitrogens with one attached hydrogen (secondary N) is 2. The minimum absolute atomic E-state index is 0.967. The molecule has 0 radical (unpaired) electrons. The first-order chi connectivity index (χ1) is 8.76. The molecular weight excluding hydrogens is 222 g/mol. The van der Waals surface area contributed by atoms with E-state index in [1.165, 1.54) is 24.1 Å². The van der Waals surface area contributed by atoms with Crippen LogP contribution in [0.4, 0.5) is 0 Å². The Morgan fingerprint density at radius 2 is 1.61 bits per heavy atom. The van der Waals surface area contributed by atoms with Gasteiger partial charge in [-0.25, -0.2) is 0 Å². The average molecular weight is 249 g/mol. The van der Waals surface area contributed by atoms with E-state index in [0.717, 1.165) is 25.9 Å². The fourth-order valence-corrected chi connectivity index (χ4v) is 2.02. The van der Waals surface area contributed by atoms with Gasteiger partial charge in [0.15, 0.2) is 0 Å². The summed E-state index contributed by atoms with van der Waals surface area (Å²) < 4.78 is 0. The standard InChI is InChI=1S/C15H27N3/c1-4-12-18(3)13-10-15-7-5-14(6-8-15)9-11-17-16-2/h5-8,16-17H,4,9-13H2,1-3H3. The van der Waals surface area contributed by atoms with Gasteiger partial charge in [-0.2, -0.15) is 0 Å². The molecular formula is C15H27N3. The number of nitrogens with zero attached hydrogens (tertiary/aromatic N) is 1. The maximum atomic E-state index is 3.11. The predicted molar refractivity (Wildman–Crippen MR) is 78.7 cm³/mol. The summed E-state index contributed by atoms with van der Waals surface area (Å²) in [7, 11) is 4.09. The molecule has 0 saturated heterocycles. The molecule has 0 atom stereocenters. The van der Waals surface area contributed by atoms with Gasteiger partial charge in [-0.15, -0.1) is 0 Å². The molecule has 1 rings (SSSR count). The largest absolute Gasteiger partial charge is 0.306 e. The minimum atomic E-state index is 0.967. The van der Waals surface area contributed by atoms with Gasteiger partial charge >= 0.3 is 0 Å². The van der Waals surface area contributed by atoms with E-state index >= 15 is 0 Å². The Morgan fingerprint density at radius 1 is 1.00 bits per heavy atom. The van der Waals surface area contributed by atoms with Crippen LogP contribution < -0.4 is 10.9 Å². The van der Waals surface area contributed by atoms with Gasteiger partial charge in [0.2, 0.25) is 0 Å². The van der Waals surface area contributed by atoms with Gasteiger partial charge in [0.05, 0.1) is 0 Å². The Balaban J connectivity index is 2.31. The van der Waals surface area contributed by atoms with E-state index in [1.54, 1.807) is 0 Å². The van der Waals surface area contributed by atoms with Gasteiger partial charge in [-0.3, -0.25) is 10.9 Å². The molecule has 0 unspecified atom stereocenters. The molecule has 0 fully saturated rings. The van der Waals surface area contributed by atoms with Gasteiger partial charge in [-0.05, 0) is 51.0 Å². The Labute approximate surface area is 112 Å². The first kappa shape index (κ1) is 15.2. The van der Waals surface area contributed by atoms with Crippen LogP contribution in [0.3, 0.4) is 0 Å². The molecule has 3 heteroatoms. The second kappa shape index (κ2) is 9.09. The molecule has 3 nitrogen and oxygen atoms in total. The van der Waals surface area contributed by atoms with Crippen LogP contribution in [-0.2, 0) is 12.8 Å². The summed E-state index contributed by atoms with van der Waals surface area (Å²) in [6.45, 7) is 5.53. The van der Waals surface area contributed by atoms with Crippen molar-refractivity contribution in [1.29, 1.82) is 0 Å². The highest BCUT2D eigenvalue weighted by atomic mass is 15.3. The van der Waals surface area contributed by atoms with Crippen molar-refractivity contribution in [3.63, 3.8) is 0 Å². The second-order valence-electron chi connectivity index (χ2n) is 4.80. The van der Waals surface area contributed by atoms with E-state index in [9.17, 15) is 0 Å². The van der Waals surface area contributed by atoms with Crippen molar-refractivity contribution in [3.05, 3.63) is 35.4 Å². The van der Waals surface area contributed by atoms with Crippen LogP contribution in [0, 0.1) is 0 Å². The van der Waals surface area contributed by atoms with Gasteiger partial charge in [0.1, 0.15) is 0 Å². The van der Waals surface area contributed by atoms with Crippen LogP contribution in [-0.4, -0.2) is 38.6 Å². The Bertz CT molecular complexity index is 308. The van der Waals surface area contributed by atoms with E-state index in [-0.39, 0.29) is 0 Å². The lowest BCUT2D eigenvalue weighted by molar-refractivity contribution is 0.339. The monoisotopic (exact) mass is 249 g/mol. The number of hydrazine groups is 1. The predicted octanol–water partition coefficient (Wildman–Crippen LogP) is 1.84. The molecule has 0 aliphatic heterocycles. The van der Waals surface area contributed by atoms with Crippen molar-refractivity contribution in [3.8, 4) is 0 Å². The van der Waals surface area contributed by atoms with Crippen molar-refractivity contribution in [1.82, 2.24) is 15.8 Å². The molecule has 0 bridgehead atoms. The molecule has 0 heterocycles. The Morgan fingerprint density at radius 3 is 2.17 bits per heavy atom. The summed E-state index contributed by atoms with van der Waals surface area (Å²) in [6, 6.07) is 9.00. The molecule has 0 aliphatic rings. The first-order valence-electron chi connectivity index (χ1n) is 6.92. The lowest BCUT2D eigenvalue weighted by atomic mass is 10.1. The lowest BCUT2D eigenvalue weighted by Gasteiger charge is -2.15. The number of likely N-dealkylation sites (N-methyl/N-ethyl adjacent to an activating group) is 1. The molecule has 0 amide bonds. The molecule has 0 spiro atoms. The molecule has 0 saturated carbocycles. The van der Waals surface area contributed by atoms with Gasteiger partial charge in [-0.1, -0.05) is 31.2 Å². The molecule has 1 aromatic carbocycles. The molecule has 2 N–H and O–H groups in total. The SMILES string of the molecule is CCCN(C)CCc1ccc(CCNNC)cc1. The number of hydrogen-bond acceptors (Lipinski definition) is 3. The third-order valence-electron chi connectivity index (χ3n) is 3.13. The van der Waals surface area contributed by atoms with E-state index < -0.39 is 0 Å².